The maximum atomic E-state index is 13.7. The lowest BCUT2D eigenvalue weighted by molar-refractivity contribution is -0.290. The van der Waals surface area contributed by atoms with E-state index in [0.717, 1.165) is 11.8 Å². The number of benzene rings is 1. The molecular formula is C23H21F5N4O3S. The van der Waals surface area contributed by atoms with Gasteiger partial charge in [0.05, 0.1) is 10.8 Å². The van der Waals surface area contributed by atoms with Crippen LogP contribution in [-0.2, 0) is 16.3 Å². The molecule has 1 aliphatic carbocycles. The van der Waals surface area contributed by atoms with Gasteiger partial charge in [0.1, 0.15) is 16.3 Å². The molecule has 36 heavy (non-hydrogen) atoms. The van der Waals surface area contributed by atoms with Gasteiger partial charge in [-0.2, -0.15) is 22.0 Å². The molecule has 0 saturated heterocycles. The number of carboxylic acid groups (broad SMARTS) is 1. The van der Waals surface area contributed by atoms with Gasteiger partial charge in [0.25, 0.3) is 0 Å². The van der Waals surface area contributed by atoms with Gasteiger partial charge in [-0.15, -0.1) is 11.3 Å². The zero-order valence-corrected chi connectivity index (χ0v) is 19.6. The number of halogens is 5. The smallest absolute Gasteiger partial charge is 0.459 e. The van der Waals surface area contributed by atoms with Gasteiger partial charge >= 0.3 is 18.1 Å². The van der Waals surface area contributed by atoms with Gasteiger partial charge in [0.2, 0.25) is 5.95 Å². The quantitative estimate of drug-likeness (QED) is 0.349. The third kappa shape index (κ3) is 5.16. The van der Waals surface area contributed by atoms with Crippen LogP contribution in [0.2, 0.25) is 0 Å². The van der Waals surface area contributed by atoms with Crippen LogP contribution in [0.3, 0.4) is 0 Å². The van der Waals surface area contributed by atoms with Gasteiger partial charge in [-0.25, -0.2) is 15.0 Å². The molecule has 0 amide bonds. The molecule has 3 aromatic rings. The van der Waals surface area contributed by atoms with Crippen LogP contribution in [-0.4, -0.2) is 37.3 Å². The lowest BCUT2D eigenvalue weighted by atomic mass is 9.79. The van der Waals surface area contributed by atoms with E-state index >= 15 is 0 Å². The van der Waals surface area contributed by atoms with Gasteiger partial charge in [-0.3, -0.25) is 4.79 Å². The standard InChI is InChI=1S/C23H21F5N4O3S/c1-12-8-14(16-11-30-19(36-16)21(35)5-2-13(3-6-21)18(33)34)10-15(9-12)31-20-29-7-4-17(32-20)22(24,25)23(26,27)28/h4,7-11,13,35H,2-3,5-6H2,1H3,(H,33,34)(H,29,31,32)/t13-,21+. The maximum Gasteiger partial charge on any atom is 0.459 e. The first kappa shape index (κ1) is 25.9. The van der Waals surface area contributed by atoms with Gasteiger partial charge in [-0.1, -0.05) is 6.07 Å². The van der Waals surface area contributed by atoms with Gasteiger partial charge < -0.3 is 15.5 Å². The monoisotopic (exact) mass is 528 g/mol. The van der Waals surface area contributed by atoms with Crippen molar-refractivity contribution in [3.63, 3.8) is 0 Å². The third-order valence-corrected chi connectivity index (χ3v) is 7.26. The van der Waals surface area contributed by atoms with Crippen molar-refractivity contribution >= 4 is 28.9 Å². The van der Waals surface area contributed by atoms with Crippen LogP contribution >= 0.6 is 11.3 Å². The molecule has 2 heterocycles. The molecule has 0 spiro atoms. The molecule has 2 aromatic heterocycles. The first-order valence-electron chi connectivity index (χ1n) is 10.9. The molecule has 4 rings (SSSR count). The molecule has 1 aliphatic rings. The van der Waals surface area contributed by atoms with Crippen molar-refractivity contribution < 1.29 is 37.0 Å². The van der Waals surface area contributed by atoms with Crippen molar-refractivity contribution in [2.45, 2.75) is 50.3 Å². The first-order valence-corrected chi connectivity index (χ1v) is 11.7. The average Bonchev–Trinajstić information content (AvgIpc) is 3.30. The Kier molecular flexibility index (Phi) is 6.73. The molecule has 1 aromatic carbocycles. The summed E-state index contributed by atoms with van der Waals surface area (Å²) >= 11 is 1.24. The summed E-state index contributed by atoms with van der Waals surface area (Å²) in [6, 6.07) is 5.61. The lowest BCUT2D eigenvalue weighted by Crippen LogP contribution is -2.34. The van der Waals surface area contributed by atoms with E-state index in [1.807, 2.05) is 6.07 Å². The molecule has 0 radical (unpaired) electrons. The van der Waals surface area contributed by atoms with E-state index in [4.69, 9.17) is 0 Å². The molecule has 3 N–H and O–H groups in total. The zero-order valence-electron chi connectivity index (χ0n) is 18.8. The SMILES string of the molecule is Cc1cc(Nc2nccc(C(F)(F)C(F)(F)F)n2)cc(-c2cnc([C@]3(O)CC[C@@H](C(=O)O)CC3)s2)c1. The number of nitrogens with one attached hydrogen (secondary N) is 1. The Morgan fingerprint density at radius 3 is 2.47 bits per heavy atom. The fraction of sp³-hybridized carbons (Fsp3) is 0.391. The number of hydrogen-bond acceptors (Lipinski definition) is 7. The van der Waals surface area contributed by atoms with Crippen LogP contribution in [0.4, 0.5) is 33.6 Å². The highest BCUT2D eigenvalue weighted by molar-refractivity contribution is 7.15. The van der Waals surface area contributed by atoms with E-state index in [1.54, 1.807) is 25.3 Å². The number of thiazole rings is 1. The normalized spacial score (nSPS) is 20.8. The Morgan fingerprint density at radius 1 is 1.14 bits per heavy atom. The number of aliphatic carboxylic acids is 1. The van der Waals surface area contributed by atoms with Crippen LogP contribution in [0.25, 0.3) is 10.4 Å². The van der Waals surface area contributed by atoms with E-state index in [1.165, 1.54) is 11.3 Å². The van der Waals surface area contributed by atoms with Crippen LogP contribution in [0.5, 0.6) is 0 Å². The summed E-state index contributed by atoms with van der Waals surface area (Å²) in [6.45, 7) is 1.77. The third-order valence-electron chi connectivity index (χ3n) is 6.02. The largest absolute Gasteiger partial charge is 0.481 e. The number of aromatic nitrogens is 3. The molecule has 1 saturated carbocycles. The number of anilines is 2. The highest BCUT2D eigenvalue weighted by Crippen LogP contribution is 2.44. The number of aliphatic hydroxyl groups is 1. The predicted octanol–water partition coefficient (Wildman–Crippen LogP) is 5.77. The summed E-state index contributed by atoms with van der Waals surface area (Å²) < 4.78 is 65.5. The first-order chi connectivity index (χ1) is 16.8. The molecule has 0 atom stereocenters. The van der Waals surface area contributed by atoms with E-state index in [9.17, 15) is 37.0 Å². The Hall–Kier alpha value is -3.19. The molecular weight excluding hydrogens is 507 g/mol. The molecule has 13 heteroatoms. The molecule has 0 aliphatic heterocycles. The number of carbonyl (C=O) groups is 1. The summed E-state index contributed by atoms with van der Waals surface area (Å²) in [5, 5.41) is 23.4. The van der Waals surface area contributed by atoms with Crippen LogP contribution in [0, 0.1) is 12.8 Å². The summed E-state index contributed by atoms with van der Waals surface area (Å²) in [5.74, 6) is -6.93. The van der Waals surface area contributed by atoms with Crippen molar-refractivity contribution in [1.82, 2.24) is 15.0 Å². The Balaban J connectivity index is 1.56. The minimum atomic E-state index is -5.80. The van der Waals surface area contributed by atoms with Crippen molar-refractivity contribution in [3.8, 4) is 10.4 Å². The van der Waals surface area contributed by atoms with Gasteiger partial charge in [0, 0.05) is 18.1 Å². The topological polar surface area (TPSA) is 108 Å². The zero-order chi connectivity index (χ0) is 26.3. The molecule has 192 valence electrons. The highest BCUT2D eigenvalue weighted by atomic mass is 32.1. The number of nitrogens with zero attached hydrogens (tertiary/aromatic N) is 3. The van der Waals surface area contributed by atoms with E-state index in [2.05, 4.69) is 20.3 Å². The maximum absolute atomic E-state index is 13.7. The summed E-state index contributed by atoms with van der Waals surface area (Å²) in [5.41, 5.74) is -0.924. The van der Waals surface area contributed by atoms with E-state index in [-0.39, 0.29) is 12.8 Å². The number of hydrogen-bond donors (Lipinski definition) is 3. The van der Waals surface area contributed by atoms with Crippen molar-refractivity contribution in [3.05, 3.63) is 52.9 Å². The Labute approximate surface area is 206 Å². The van der Waals surface area contributed by atoms with E-state index in [0.29, 0.717) is 40.0 Å². The summed E-state index contributed by atoms with van der Waals surface area (Å²) in [4.78, 5) is 23.3. The molecule has 0 unspecified atom stereocenters. The average molecular weight is 529 g/mol. The fourth-order valence-corrected chi connectivity index (χ4v) is 5.09. The van der Waals surface area contributed by atoms with Gasteiger partial charge in [0.15, 0.2) is 0 Å². The van der Waals surface area contributed by atoms with E-state index < -0.39 is 41.2 Å². The van der Waals surface area contributed by atoms with Crippen LogP contribution < -0.4 is 5.32 Å². The highest BCUT2D eigenvalue weighted by Gasteiger charge is 2.60. The fourth-order valence-electron chi connectivity index (χ4n) is 4.04. The second kappa shape index (κ2) is 9.36. The Morgan fingerprint density at radius 2 is 1.83 bits per heavy atom. The Bertz CT molecular complexity index is 1270. The number of alkyl halides is 5. The van der Waals surface area contributed by atoms with Crippen LogP contribution in [0.15, 0.2) is 36.7 Å². The minimum Gasteiger partial charge on any atom is -0.481 e. The van der Waals surface area contributed by atoms with Crippen LogP contribution in [0.1, 0.15) is 41.9 Å². The van der Waals surface area contributed by atoms with Crippen molar-refractivity contribution in [2.75, 3.05) is 5.32 Å². The second-order valence-corrected chi connectivity index (χ2v) is 9.75. The molecule has 7 nitrogen and oxygen atoms in total. The lowest BCUT2D eigenvalue weighted by Gasteiger charge is -2.32. The number of rotatable bonds is 6. The van der Waals surface area contributed by atoms with Crippen molar-refractivity contribution in [2.24, 2.45) is 5.92 Å². The second-order valence-electron chi connectivity index (χ2n) is 8.72. The minimum absolute atomic E-state index is 0.272. The van der Waals surface area contributed by atoms with Gasteiger partial charge in [-0.05, 0) is 61.9 Å². The van der Waals surface area contributed by atoms with Crippen molar-refractivity contribution in [1.29, 1.82) is 0 Å². The summed E-state index contributed by atoms with van der Waals surface area (Å²) in [6.07, 6.45) is -2.19. The molecule has 0 bridgehead atoms. The molecule has 1 fully saturated rings. The predicted molar refractivity (Wildman–Crippen MR) is 121 cm³/mol. The number of aryl methyl sites for hydroxylation is 1. The summed E-state index contributed by atoms with van der Waals surface area (Å²) in [7, 11) is 0. The number of carboxylic acids is 1.